The number of nitrogens with two attached hydrogens (primary N) is 1. The fraction of sp³-hybridized carbons (Fsp3) is 0.300. The lowest BCUT2D eigenvalue weighted by molar-refractivity contribution is 0.607. The number of nitrogen functional groups attached to an aromatic ring is 1. The van der Waals surface area contributed by atoms with Crippen LogP contribution in [0.2, 0.25) is 0 Å². The number of hydrogen-bond acceptors (Lipinski definition) is 3. The van der Waals surface area contributed by atoms with Crippen molar-refractivity contribution in [1.82, 2.24) is 4.98 Å². The summed E-state index contributed by atoms with van der Waals surface area (Å²) in [5, 5.41) is 0. The second-order valence-electron chi connectivity index (χ2n) is 3.60. The summed E-state index contributed by atoms with van der Waals surface area (Å²) in [4.78, 5) is 14.1. The lowest BCUT2D eigenvalue weighted by Gasteiger charge is -2.08. The largest absolute Gasteiger partial charge is 0.462 e. The molecule has 4 heteroatoms. The SMILES string of the molecule is CC(C)c1c(N)c(=O)[nH]c2ccoc12. The van der Waals surface area contributed by atoms with Gasteiger partial charge < -0.3 is 15.1 Å². The summed E-state index contributed by atoms with van der Waals surface area (Å²) >= 11 is 0. The Morgan fingerprint density at radius 2 is 2.21 bits per heavy atom. The number of fused-ring (bicyclic) bond motifs is 1. The molecule has 0 amide bonds. The average Bonchev–Trinajstić information content (AvgIpc) is 2.52. The maximum Gasteiger partial charge on any atom is 0.272 e. The van der Waals surface area contributed by atoms with E-state index in [2.05, 4.69) is 4.98 Å². The predicted molar refractivity (Wildman–Crippen MR) is 55.3 cm³/mol. The average molecular weight is 192 g/mol. The third kappa shape index (κ3) is 1.11. The van der Waals surface area contributed by atoms with Crippen LogP contribution in [0.5, 0.6) is 0 Å². The van der Waals surface area contributed by atoms with Crippen molar-refractivity contribution in [3.63, 3.8) is 0 Å². The number of aromatic amines is 1. The first-order valence-electron chi connectivity index (χ1n) is 4.50. The van der Waals surface area contributed by atoms with Gasteiger partial charge in [-0.1, -0.05) is 13.8 Å². The molecule has 0 aliphatic heterocycles. The van der Waals surface area contributed by atoms with Crippen molar-refractivity contribution in [2.24, 2.45) is 0 Å². The van der Waals surface area contributed by atoms with Crippen molar-refractivity contribution in [2.75, 3.05) is 5.73 Å². The van der Waals surface area contributed by atoms with Crippen LogP contribution in [0.3, 0.4) is 0 Å². The molecular formula is C10H12N2O2. The minimum absolute atomic E-state index is 0.172. The van der Waals surface area contributed by atoms with Gasteiger partial charge in [0.25, 0.3) is 5.56 Å². The zero-order valence-corrected chi connectivity index (χ0v) is 8.13. The maximum atomic E-state index is 11.4. The van der Waals surface area contributed by atoms with Crippen LogP contribution < -0.4 is 11.3 Å². The van der Waals surface area contributed by atoms with Crippen LogP contribution in [0.25, 0.3) is 11.1 Å². The van der Waals surface area contributed by atoms with Gasteiger partial charge in [-0.15, -0.1) is 0 Å². The molecule has 3 N–H and O–H groups in total. The molecule has 14 heavy (non-hydrogen) atoms. The molecule has 0 fully saturated rings. The number of anilines is 1. The molecule has 0 aliphatic rings. The summed E-state index contributed by atoms with van der Waals surface area (Å²) in [5.41, 5.74) is 7.88. The van der Waals surface area contributed by atoms with Gasteiger partial charge in [-0.3, -0.25) is 4.79 Å². The van der Waals surface area contributed by atoms with Gasteiger partial charge in [0.1, 0.15) is 5.69 Å². The van der Waals surface area contributed by atoms with Gasteiger partial charge >= 0.3 is 0 Å². The number of aromatic nitrogens is 1. The summed E-state index contributed by atoms with van der Waals surface area (Å²) in [6, 6.07) is 1.72. The Morgan fingerprint density at radius 1 is 1.50 bits per heavy atom. The standard InChI is InChI=1S/C10H12N2O2/c1-5(2)7-8(11)10(13)12-6-3-4-14-9(6)7/h3-5H,11H2,1-2H3,(H,12,13). The molecule has 2 heterocycles. The van der Waals surface area contributed by atoms with E-state index in [9.17, 15) is 4.79 Å². The monoisotopic (exact) mass is 192 g/mol. The lowest BCUT2D eigenvalue weighted by atomic mass is 10.0. The van der Waals surface area contributed by atoms with Crippen LogP contribution in [-0.4, -0.2) is 4.98 Å². The topological polar surface area (TPSA) is 72.0 Å². The van der Waals surface area contributed by atoms with Gasteiger partial charge in [0, 0.05) is 11.6 Å². The molecule has 0 spiro atoms. The number of furan rings is 1. The zero-order valence-electron chi connectivity index (χ0n) is 8.13. The first-order valence-corrected chi connectivity index (χ1v) is 4.50. The van der Waals surface area contributed by atoms with Crippen LogP contribution in [0.15, 0.2) is 21.5 Å². The number of hydrogen-bond donors (Lipinski definition) is 2. The predicted octanol–water partition coefficient (Wildman–Crippen LogP) is 1.83. The molecule has 2 aromatic rings. The number of rotatable bonds is 1. The van der Waals surface area contributed by atoms with E-state index in [-0.39, 0.29) is 17.2 Å². The van der Waals surface area contributed by atoms with E-state index in [4.69, 9.17) is 10.2 Å². The fourth-order valence-electron chi connectivity index (χ4n) is 1.62. The van der Waals surface area contributed by atoms with Crippen LogP contribution in [0, 0.1) is 0 Å². The van der Waals surface area contributed by atoms with E-state index in [0.717, 1.165) is 5.56 Å². The van der Waals surface area contributed by atoms with E-state index >= 15 is 0 Å². The summed E-state index contributed by atoms with van der Waals surface area (Å²) in [6.45, 7) is 3.96. The molecular weight excluding hydrogens is 180 g/mol. The smallest absolute Gasteiger partial charge is 0.272 e. The quantitative estimate of drug-likeness (QED) is 0.723. The van der Waals surface area contributed by atoms with E-state index in [0.29, 0.717) is 11.1 Å². The summed E-state index contributed by atoms with van der Waals surface area (Å²) in [7, 11) is 0. The highest BCUT2D eigenvalue weighted by Gasteiger charge is 2.14. The molecule has 0 saturated carbocycles. The van der Waals surface area contributed by atoms with Crippen molar-refractivity contribution in [1.29, 1.82) is 0 Å². The third-order valence-corrected chi connectivity index (χ3v) is 2.27. The van der Waals surface area contributed by atoms with Crippen molar-refractivity contribution < 1.29 is 4.42 Å². The van der Waals surface area contributed by atoms with Crippen LogP contribution in [-0.2, 0) is 0 Å². The summed E-state index contributed by atoms with van der Waals surface area (Å²) < 4.78 is 5.30. The van der Waals surface area contributed by atoms with Gasteiger partial charge in [0.05, 0.1) is 11.8 Å². The normalized spacial score (nSPS) is 11.4. The second-order valence-corrected chi connectivity index (χ2v) is 3.60. The Kier molecular flexibility index (Phi) is 1.84. The number of H-pyrrole nitrogens is 1. The molecule has 0 aromatic carbocycles. The zero-order chi connectivity index (χ0) is 10.3. The van der Waals surface area contributed by atoms with Crippen LogP contribution in [0.4, 0.5) is 5.69 Å². The molecule has 2 aromatic heterocycles. The maximum absolute atomic E-state index is 11.4. The summed E-state index contributed by atoms with van der Waals surface area (Å²) in [6.07, 6.45) is 1.55. The highest BCUT2D eigenvalue weighted by molar-refractivity contribution is 5.81. The minimum atomic E-state index is -0.248. The molecule has 0 aliphatic carbocycles. The Bertz CT molecular complexity index is 522. The number of pyridine rings is 1. The molecule has 0 saturated heterocycles. The van der Waals surface area contributed by atoms with Gasteiger partial charge in [-0.05, 0) is 5.92 Å². The Hall–Kier alpha value is -1.71. The molecule has 0 radical (unpaired) electrons. The Balaban J connectivity index is 2.94. The van der Waals surface area contributed by atoms with E-state index in [1.165, 1.54) is 0 Å². The molecule has 0 bridgehead atoms. The Labute approximate surface area is 80.7 Å². The summed E-state index contributed by atoms with van der Waals surface area (Å²) in [5.74, 6) is 0.172. The van der Waals surface area contributed by atoms with Gasteiger partial charge in [0.2, 0.25) is 0 Å². The van der Waals surface area contributed by atoms with Crippen molar-refractivity contribution in [3.8, 4) is 0 Å². The van der Waals surface area contributed by atoms with Crippen molar-refractivity contribution in [3.05, 3.63) is 28.2 Å². The third-order valence-electron chi connectivity index (χ3n) is 2.27. The molecule has 0 atom stereocenters. The minimum Gasteiger partial charge on any atom is -0.462 e. The first kappa shape index (κ1) is 8.87. The fourth-order valence-corrected chi connectivity index (χ4v) is 1.62. The van der Waals surface area contributed by atoms with Gasteiger partial charge in [-0.2, -0.15) is 0 Å². The van der Waals surface area contributed by atoms with Crippen molar-refractivity contribution in [2.45, 2.75) is 19.8 Å². The molecule has 0 unspecified atom stereocenters. The highest BCUT2D eigenvalue weighted by atomic mass is 16.3. The van der Waals surface area contributed by atoms with E-state index in [1.807, 2.05) is 13.8 Å². The van der Waals surface area contributed by atoms with E-state index in [1.54, 1.807) is 12.3 Å². The first-order chi connectivity index (χ1) is 6.61. The lowest BCUT2D eigenvalue weighted by Crippen LogP contribution is -2.15. The molecule has 74 valence electrons. The Morgan fingerprint density at radius 3 is 2.86 bits per heavy atom. The van der Waals surface area contributed by atoms with E-state index < -0.39 is 0 Å². The molecule has 4 nitrogen and oxygen atoms in total. The van der Waals surface area contributed by atoms with Crippen LogP contribution >= 0.6 is 0 Å². The number of nitrogens with one attached hydrogen (secondary N) is 1. The van der Waals surface area contributed by atoms with Gasteiger partial charge in [-0.25, -0.2) is 0 Å². The van der Waals surface area contributed by atoms with Gasteiger partial charge in [0.15, 0.2) is 5.58 Å². The molecule has 2 rings (SSSR count). The van der Waals surface area contributed by atoms with Crippen molar-refractivity contribution >= 4 is 16.8 Å². The van der Waals surface area contributed by atoms with Crippen LogP contribution in [0.1, 0.15) is 25.3 Å². The highest BCUT2D eigenvalue weighted by Crippen LogP contribution is 2.27. The second kappa shape index (κ2) is 2.90.